The number of guanidine groups is 1. The molecule has 1 fully saturated rings. The number of morpholine rings is 1. The lowest BCUT2D eigenvalue weighted by molar-refractivity contribution is 0.0180. The van der Waals surface area contributed by atoms with Crippen LogP contribution in [0.15, 0.2) is 29.3 Å². The van der Waals surface area contributed by atoms with Gasteiger partial charge >= 0.3 is 0 Å². The van der Waals surface area contributed by atoms with Crippen molar-refractivity contribution in [2.24, 2.45) is 10.7 Å². The number of nitrogens with one attached hydrogen (secondary N) is 1. The van der Waals surface area contributed by atoms with Crippen LogP contribution < -0.4 is 11.1 Å². The Hall–Kier alpha value is -0.610. The Balaban J connectivity index is 0.00000312. The van der Waals surface area contributed by atoms with Gasteiger partial charge in [0.2, 0.25) is 0 Å². The van der Waals surface area contributed by atoms with E-state index in [4.69, 9.17) is 26.8 Å². The first kappa shape index (κ1) is 22.4. The number of ether oxygens (including phenoxy) is 2. The number of hydrogen-bond acceptors (Lipinski definition) is 4. The van der Waals surface area contributed by atoms with Gasteiger partial charge in [-0.1, -0.05) is 23.7 Å². The predicted molar refractivity (Wildman–Crippen MR) is 113 cm³/mol. The molecule has 1 aliphatic rings. The van der Waals surface area contributed by atoms with E-state index in [2.05, 4.69) is 21.3 Å². The summed E-state index contributed by atoms with van der Waals surface area (Å²) in [4.78, 5) is 6.90. The molecule has 2 atom stereocenters. The minimum absolute atomic E-state index is 0. The van der Waals surface area contributed by atoms with Crippen molar-refractivity contribution >= 4 is 41.5 Å². The summed E-state index contributed by atoms with van der Waals surface area (Å²) in [6.45, 7) is 6.37. The summed E-state index contributed by atoms with van der Waals surface area (Å²) in [7, 11) is 1.67. The van der Waals surface area contributed by atoms with Gasteiger partial charge in [-0.25, -0.2) is 0 Å². The first-order valence-corrected chi connectivity index (χ1v) is 8.60. The van der Waals surface area contributed by atoms with Crippen LogP contribution in [0.3, 0.4) is 0 Å². The van der Waals surface area contributed by atoms with Crippen molar-refractivity contribution in [1.29, 1.82) is 0 Å². The number of methoxy groups -OCH3 is 1. The van der Waals surface area contributed by atoms with E-state index in [-0.39, 0.29) is 36.1 Å². The van der Waals surface area contributed by atoms with Crippen LogP contribution in [0.25, 0.3) is 0 Å². The lowest BCUT2D eigenvalue weighted by Gasteiger charge is -2.34. The molecule has 1 aromatic carbocycles. The maximum absolute atomic E-state index is 6.16. The van der Waals surface area contributed by atoms with Gasteiger partial charge in [0, 0.05) is 31.3 Å². The smallest absolute Gasteiger partial charge is 0.188 e. The largest absolute Gasteiger partial charge is 0.383 e. The fourth-order valence-corrected chi connectivity index (χ4v) is 3.01. The molecule has 0 saturated carbocycles. The van der Waals surface area contributed by atoms with Crippen LogP contribution in [0.4, 0.5) is 0 Å². The molecule has 1 heterocycles. The normalized spacial score (nSPS) is 18.3. The van der Waals surface area contributed by atoms with E-state index >= 15 is 0 Å². The summed E-state index contributed by atoms with van der Waals surface area (Å²) in [6.07, 6.45) is 0. The summed E-state index contributed by atoms with van der Waals surface area (Å²) in [5.74, 6) is 0.430. The average molecular weight is 483 g/mol. The summed E-state index contributed by atoms with van der Waals surface area (Å²) in [5.41, 5.74) is 7.15. The first-order valence-electron chi connectivity index (χ1n) is 8.22. The predicted octanol–water partition coefficient (Wildman–Crippen LogP) is 2.27. The second-order valence-corrected chi connectivity index (χ2v) is 6.38. The second-order valence-electron chi connectivity index (χ2n) is 5.95. The monoisotopic (exact) mass is 482 g/mol. The highest BCUT2D eigenvalue weighted by atomic mass is 127. The Morgan fingerprint density at radius 3 is 2.80 bits per heavy atom. The van der Waals surface area contributed by atoms with E-state index < -0.39 is 0 Å². The lowest BCUT2D eigenvalue weighted by atomic mass is 10.0. The van der Waals surface area contributed by atoms with Crippen LogP contribution in [-0.4, -0.2) is 63.5 Å². The van der Waals surface area contributed by atoms with Gasteiger partial charge in [-0.05, 0) is 24.6 Å². The third-order valence-electron chi connectivity index (χ3n) is 3.97. The van der Waals surface area contributed by atoms with Gasteiger partial charge in [0.25, 0.3) is 0 Å². The quantitative estimate of drug-likeness (QED) is 0.354. The summed E-state index contributed by atoms with van der Waals surface area (Å²) < 4.78 is 10.6. The van der Waals surface area contributed by atoms with E-state index in [0.29, 0.717) is 19.1 Å². The van der Waals surface area contributed by atoms with Crippen LogP contribution in [-0.2, 0) is 9.47 Å². The molecule has 142 valence electrons. The van der Waals surface area contributed by atoms with Gasteiger partial charge in [-0.2, -0.15) is 0 Å². The molecule has 0 aromatic heterocycles. The maximum atomic E-state index is 6.16. The molecular formula is C17H28ClIN4O2. The summed E-state index contributed by atoms with van der Waals surface area (Å²) in [6, 6.07) is 8.18. The molecular weight excluding hydrogens is 455 g/mol. The highest BCUT2D eigenvalue weighted by molar-refractivity contribution is 14.0. The van der Waals surface area contributed by atoms with Crippen molar-refractivity contribution < 1.29 is 9.47 Å². The molecule has 6 nitrogen and oxygen atoms in total. The van der Waals surface area contributed by atoms with Crippen molar-refractivity contribution in [3.05, 3.63) is 34.9 Å². The van der Waals surface area contributed by atoms with Crippen molar-refractivity contribution in [3.63, 3.8) is 0 Å². The SMILES string of the molecule is COCC(C)NC(N)=NCC(c1cccc(Cl)c1)N1CCOCC1.I. The Kier molecular flexibility index (Phi) is 10.7. The number of nitrogens with two attached hydrogens (primary N) is 1. The van der Waals surface area contributed by atoms with Crippen molar-refractivity contribution in [2.75, 3.05) is 46.6 Å². The number of benzene rings is 1. The van der Waals surface area contributed by atoms with E-state index in [1.807, 2.05) is 25.1 Å². The molecule has 0 aliphatic carbocycles. The topological polar surface area (TPSA) is 72.1 Å². The average Bonchev–Trinajstić information content (AvgIpc) is 2.56. The van der Waals surface area contributed by atoms with Crippen molar-refractivity contribution in [2.45, 2.75) is 19.0 Å². The van der Waals surface area contributed by atoms with Gasteiger partial charge < -0.3 is 20.5 Å². The van der Waals surface area contributed by atoms with E-state index in [1.54, 1.807) is 7.11 Å². The van der Waals surface area contributed by atoms with E-state index in [1.165, 1.54) is 0 Å². The third-order valence-corrected chi connectivity index (χ3v) is 4.20. The van der Waals surface area contributed by atoms with Crippen molar-refractivity contribution in [1.82, 2.24) is 10.2 Å². The first-order chi connectivity index (χ1) is 11.6. The van der Waals surface area contributed by atoms with Crippen LogP contribution in [0.2, 0.25) is 5.02 Å². The number of rotatable bonds is 7. The molecule has 0 bridgehead atoms. The summed E-state index contributed by atoms with van der Waals surface area (Å²) in [5, 5.41) is 3.87. The molecule has 0 spiro atoms. The van der Waals surface area contributed by atoms with Gasteiger partial charge in [0.15, 0.2) is 5.96 Å². The minimum atomic E-state index is 0. The molecule has 3 N–H and O–H groups in total. The van der Waals surface area contributed by atoms with Crippen LogP contribution in [0.5, 0.6) is 0 Å². The fourth-order valence-electron chi connectivity index (χ4n) is 2.81. The number of aliphatic imine (C=N–C) groups is 1. The second kappa shape index (κ2) is 11.9. The number of halogens is 2. The Morgan fingerprint density at radius 1 is 1.44 bits per heavy atom. The van der Waals surface area contributed by atoms with Crippen molar-refractivity contribution in [3.8, 4) is 0 Å². The molecule has 8 heteroatoms. The molecule has 2 rings (SSSR count). The molecule has 1 aliphatic heterocycles. The standard InChI is InChI=1S/C17H27ClN4O2.HI/c1-13(12-23-2)21-17(19)20-11-16(22-6-8-24-9-7-22)14-4-3-5-15(18)10-14;/h3-5,10,13,16H,6-9,11-12H2,1-2H3,(H3,19,20,21);1H. The van der Waals surface area contributed by atoms with E-state index in [0.717, 1.165) is 36.9 Å². The van der Waals surface area contributed by atoms with Gasteiger partial charge in [-0.3, -0.25) is 9.89 Å². The minimum Gasteiger partial charge on any atom is -0.383 e. The number of hydrogen-bond donors (Lipinski definition) is 2. The summed E-state index contributed by atoms with van der Waals surface area (Å²) >= 11 is 6.16. The Labute approximate surface area is 172 Å². The Morgan fingerprint density at radius 2 is 2.16 bits per heavy atom. The Bertz CT molecular complexity index is 541. The van der Waals surface area contributed by atoms with Gasteiger partial charge in [0.05, 0.1) is 32.4 Å². The zero-order valence-corrected chi connectivity index (χ0v) is 17.9. The lowest BCUT2D eigenvalue weighted by Crippen LogP contribution is -2.43. The zero-order valence-electron chi connectivity index (χ0n) is 14.8. The molecule has 2 unspecified atom stereocenters. The molecule has 1 saturated heterocycles. The number of nitrogens with zero attached hydrogens (tertiary/aromatic N) is 2. The van der Waals surface area contributed by atoms with Crippen LogP contribution in [0, 0.1) is 0 Å². The van der Waals surface area contributed by atoms with Crippen LogP contribution in [0.1, 0.15) is 18.5 Å². The highest BCUT2D eigenvalue weighted by Crippen LogP contribution is 2.24. The van der Waals surface area contributed by atoms with Gasteiger partial charge in [-0.15, -0.1) is 24.0 Å². The highest BCUT2D eigenvalue weighted by Gasteiger charge is 2.22. The maximum Gasteiger partial charge on any atom is 0.188 e. The van der Waals surface area contributed by atoms with E-state index in [9.17, 15) is 0 Å². The zero-order chi connectivity index (χ0) is 17.4. The molecule has 0 amide bonds. The molecule has 25 heavy (non-hydrogen) atoms. The van der Waals surface area contributed by atoms with Gasteiger partial charge in [0.1, 0.15) is 0 Å². The fraction of sp³-hybridized carbons (Fsp3) is 0.588. The molecule has 0 radical (unpaired) electrons. The molecule has 1 aromatic rings. The third kappa shape index (κ3) is 7.65. The van der Waals surface area contributed by atoms with Crippen LogP contribution >= 0.6 is 35.6 Å².